The molecule has 0 saturated heterocycles. The van der Waals surface area contributed by atoms with Crippen LogP contribution in [0.2, 0.25) is 0 Å². The van der Waals surface area contributed by atoms with Gasteiger partial charge < -0.3 is 53.2 Å². The predicted octanol–water partition coefficient (Wildman–Crippen LogP) is -1.30. The van der Waals surface area contributed by atoms with Gasteiger partial charge in [0.05, 0.1) is 18.1 Å². The van der Waals surface area contributed by atoms with E-state index in [1.54, 1.807) is 60.7 Å². The number of sulfone groups is 1. The van der Waals surface area contributed by atoms with E-state index in [9.17, 15) is 52.2 Å². The standard InChI is InChI=1S/C40H55N9O11S/c1-61(59,60)19-17-28(42)35(52)45-30(15-16-34(50)51)37(54)48-32(22-27-23-43-24-44-27)39(56)47-31(20-25-10-4-2-5-11-25)38(55)46-29(14-8-9-18-41)36(53)49-33(40(57)58)21-26-12-6-3-7-13-26/h2-7,10-13,23-24,28-33H,8-9,14-22,41-42H2,1H3,(H,43,44)(H,45,52)(H,46,55)(H,47,56)(H,48,54)(H,49,53)(H,50,51)(H,57,58)/t28?,29-,30+,31+,32+,33+/m1/s1. The maximum Gasteiger partial charge on any atom is 0.326 e. The topological polar surface area (TPSA) is 335 Å². The van der Waals surface area contributed by atoms with Crippen molar-refractivity contribution in [2.75, 3.05) is 18.6 Å². The Morgan fingerprint density at radius 3 is 1.62 bits per heavy atom. The molecule has 0 aliphatic heterocycles. The number of aromatic amines is 1. The second-order valence-corrected chi connectivity index (χ2v) is 16.8. The van der Waals surface area contributed by atoms with Crippen molar-refractivity contribution < 1.29 is 52.2 Å². The summed E-state index contributed by atoms with van der Waals surface area (Å²) < 4.78 is 23.3. The molecule has 61 heavy (non-hydrogen) atoms. The van der Waals surface area contributed by atoms with Gasteiger partial charge in [-0.25, -0.2) is 18.2 Å². The van der Waals surface area contributed by atoms with Crippen molar-refractivity contribution in [2.45, 2.75) is 94.0 Å². The van der Waals surface area contributed by atoms with E-state index in [1.807, 2.05) is 0 Å². The lowest BCUT2D eigenvalue weighted by atomic mass is 10.0. The molecule has 2 aromatic carbocycles. The molecule has 1 aromatic heterocycles. The van der Waals surface area contributed by atoms with Crippen LogP contribution in [0.5, 0.6) is 0 Å². The van der Waals surface area contributed by atoms with Crippen molar-refractivity contribution in [3.8, 4) is 0 Å². The van der Waals surface area contributed by atoms with Crippen LogP contribution in [0.3, 0.4) is 0 Å². The number of aromatic nitrogens is 2. The number of imidazole rings is 1. The minimum absolute atomic E-state index is 0.0294. The highest BCUT2D eigenvalue weighted by molar-refractivity contribution is 7.90. The summed E-state index contributed by atoms with van der Waals surface area (Å²) in [5, 5.41) is 32.0. The van der Waals surface area contributed by atoms with Gasteiger partial charge in [0, 0.05) is 43.8 Å². The first-order valence-electron chi connectivity index (χ1n) is 19.6. The second kappa shape index (κ2) is 24.8. The summed E-state index contributed by atoms with van der Waals surface area (Å²) in [7, 11) is -3.49. The summed E-state index contributed by atoms with van der Waals surface area (Å²) in [5.74, 6) is -7.37. The first-order chi connectivity index (χ1) is 28.9. The molecule has 12 N–H and O–H groups in total. The number of carbonyl (C=O) groups excluding carboxylic acids is 5. The Kier molecular flexibility index (Phi) is 20.0. The molecule has 1 heterocycles. The average molecular weight is 870 g/mol. The van der Waals surface area contributed by atoms with Crippen molar-refractivity contribution in [2.24, 2.45) is 11.5 Å². The number of hydrogen-bond acceptors (Lipinski definition) is 12. The van der Waals surface area contributed by atoms with Crippen molar-refractivity contribution in [3.63, 3.8) is 0 Å². The van der Waals surface area contributed by atoms with Crippen LogP contribution in [-0.4, -0.2) is 125 Å². The van der Waals surface area contributed by atoms with E-state index in [0.717, 1.165) is 6.26 Å². The summed E-state index contributed by atoms with van der Waals surface area (Å²) in [6.45, 7) is 0.293. The van der Waals surface area contributed by atoms with Crippen molar-refractivity contribution in [3.05, 3.63) is 90.0 Å². The first kappa shape index (κ1) is 49.2. The van der Waals surface area contributed by atoms with Crippen LogP contribution >= 0.6 is 0 Å². The highest BCUT2D eigenvalue weighted by atomic mass is 32.2. The van der Waals surface area contributed by atoms with E-state index < -0.39 is 106 Å². The predicted molar refractivity (Wildman–Crippen MR) is 222 cm³/mol. The Morgan fingerprint density at radius 2 is 1.13 bits per heavy atom. The Hall–Kier alpha value is -6.19. The number of amides is 5. The number of unbranched alkanes of at least 4 members (excludes halogenated alkanes) is 1. The van der Waals surface area contributed by atoms with Gasteiger partial charge in [0.25, 0.3) is 0 Å². The number of carbonyl (C=O) groups is 7. The van der Waals surface area contributed by atoms with Gasteiger partial charge in [0.2, 0.25) is 29.5 Å². The largest absolute Gasteiger partial charge is 0.481 e. The van der Waals surface area contributed by atoms with Crippen LogP contribution in [-0.2, 0) is 62.7 Å². The third-order valence-corrected chi connectivity index (χ3v) is 10.4. The fourth-order valence-electron chi connectivity index (χ4n) is 6.07. The van der Waals surface area contributed by atoms with Gasteiger partial charge in [-0.3, -0.25) is 28.8 Å². The van der Waals surface area contributed by atoms with E-state index in [0.29, 0.717) is 36.2 Å². The van der Waals surface area contributed by atoms with Crippen molar-refractivity contribution >= 4 is 51.3 Å². The first-order valence-corrected chi connectivity index (χ1v) is 21.7. The van der Waals surface area contributed by atoms with Gasteiger partial charge in [-0.1, -0.05) is 60.7 Å². The van der Waals surface area contributed by atoms with E-state index in [2.05, 4.69) is 36.6 Å². The third-order valence-electron chi connectivity index (χ3n) is 9.42. The molecule has 21 heteroatoms. The zero-order valence-electron chi connectivity index (χ0n) is 33.7. The van der Waals surface area contributed by atoms with Crippen molar-refractivity contribution in [1.82, 2.24) is 36.6 Å². The van der Waals surface area contributed by atoms with Gasteiger partial charge in [0.15, 0.2) is 0 Å². The SMILES string of the molecule is CS(=O)(=O)CCC(N)C(=O)N[C@@H](CCC(=O)O)C(=O)N[C@@H](Cc1cnc[nH]1)C(=O)N[C@@H](Cc1ccccc1)C(=O)N[C@H](CCCCN)C(=O)N[C@@H](Cc1ccccc1)C(=O)O. The highest BCUT2D eigenvalue weighted by Gasteiger charge is 2.33. The zero-order valence-corrected chi connectivity index (χ0v) is 34.6. The Balaban J connectivity index is 1.90. The molecule has 20 nitrogen and oxygen atoms in total. The molecule has 5 amide bonds. The summed E-state index contributed by atoms with van der Waals surface area (Å²) in [5.41, 5.74) is 13.2. The molecule has 332 valence electrons. The van der Waals surface area contributed by atoms with Crippen LogP contribution in [0.15, 0.2) is 73.2 Å². The summed E-state index contributed by atoms with van der Waals surface area (Å²) in [4.78, 5) is 99.1. The lowest BCUT2D eigenvalue weighted by molar-refractivity contribution is -0.142. The van der Waals surface area contributed by atoms with Gasteiger partial charge >= 0.3 is 11.9 Å². The molecule has 6 atom stereocenters. The molecule has 0 bridgehead atoms. The highest BCUT2D eigenvalue weighted by Crippen LogP contribution is 2.11. The van der Waals surface area contributed by atoms with E-state index in [1.165, 1.54) is 12.5 Å². The number of nitrogens with two attached hydrogens (primary N) is 2. The molecule has 0 radical (unpaired) electrons. The van der Waals surface area contributed by atoms with Crippen LogP contribution in [0, 0.1) is 0 Å². The van der Waals surface area contributed by atoms with E-state index >= 15 is 0 Å². The monoisotopic (exact) mass is 869 g/mol. The van der Waals surface area contributed by atoms with Crippen LogP contribution in [0.4, 0.5) is 0 Å². The molecule has 0 aliphatic carbocycles. The van der Waals surface area contributed by atoms with Crippen LogP contribution in [0.25, 0.3) is 0 Å². The van der Waals surface area contributed by atoms with Gasteiger partial charge in [-0.15, -0.1) is 0 Å². The number of nitrogens with one attached hydrogen (secondary N) is 6. The molecule has 0 aliphatic rings. The minimum atomic E-state index is -3.49. The Bertz CT molecular complexity index is 2020. The number of H-pyrrole nitrogens is 1. The minimum Gasteiger partial charge on any atom is -0.481 e. The number of aliphatic carboxylic acids is 2. The van der Waals surface area contributed by atoms with Crippen LogP contribution < -0.4 is 38.1 Å². The third kappa shape index (κ3) is 18.3. The van der Waals surface area contributed by atoms with Crippen LogP contribution in [0.1, 0.15) is 55.3 Å². The smallest absolute Gasteiger partial charge is 0.326 e. The van der Waals surface area contributed by atoms with E-state index in [-0.39, 0.29) is 32.1 Å². The number of nitrogens with zero attached hydrogens (tertiary/aromatic N) is 1. The van der Waals surface area contributed by atoms with Gasteiger partial charge in [-0.05, 0) is 49.8 Å². The maximum absolute atomic E-state index is 14.2. The molecule has 3 rings (SSSR count). The average Bonchev–Trinajstić information content (AvgIpc) is 3.73. The Labute approximate surface area is 353 Å². The normalized spacial score (nSPS) is 14.2. The number of rotatable bonds is 27. The molecule has 0 fully saturated rings. The second-order valence-electron chi connectivity index (χ2n) is 14.5. The lowest BCUT2D eigenvalue weighted by Crippen LogP contribution is -2.60. The zero-order chi connectivity index (χ0) is 45.0. The van der Waals surface area contributed by atoms with Crippen molar-refractivity contribution in [1.29, 1.82) is 0 Å². The molecular formula is C40H55N9O11S. The number of hydrogen-bond donors (Lipinski definition) is 10. The fourth-order valence-corrected chi connectivity index (χ4v) is 6.75. The quantitative estimate of drug-likeness (QED) is 0.0399. The number of benzene rings is 2. The molecule has 0 spiro atoms. The Morgan fingerprint density at radius 1 is 0.656 bits per heavy atom. The summed E-state index contributed by atoms with van der Waals surface area (Å²) in [6.07, 6.45) is 3.03. The summed E-state index contributed by atoms with van der Waals surface area (Å²) in [6, 6.07) is 8.97. The molecule has 0 saturated carbocycles. The molecule has 1 unspecified atom stereocenters. The molecule has 3 aromatic rings. The fraction of sp³-hybridized carbons (Fsp3) is 0.450. The van der Waals surface area contributed by atoms with E-state index in [4.69, 9.17) is 11.5 Å². The van der Waals surface area contributed by atoms with Gasteiger partial charge in [0.1, 0.15) is 40.0 Å². The van der Waals surface area contributed by atoms with Gasteiger partial charge in [-0.2, -0.15) is 0 Å². The number of carboxylic acids is 2. The molecular weight excluding hydrogens is 815 g/mol. The summed E-state index contributed by atoms with van der Waals surface area (Å²) >= 11 is 0. The number of carboxylic acid groups (broad SMARTS) is 2. The maximum atomic E-state index is 14.2. The lowest BCUT2D eigenvalue weighted by Gasteiger charge is -2.27.